The summed E-state index contributed by atoms with van der Waals surface area (Å²) in [7, 11) is 0. The average molecular weight is 234 g/mol. The molecule has 1 aliphatic heterocycles. The number of carbonyl (C=O) groups is 1. The molecular weight excluding hydrogens is 218 g/mol. The van der Waals surface area contributed by atoms with Crippen LogP contribution >= 0.6 is 11.6 Å². The van der Waals surface area contributed by atoms with E-state index in [0.29, 0.717) is 25.7 Å². The van der Waals surface area contributed by atoms with Gasteiger partial charge in [0.1, 0.15) is 0 Å². The van der Waals surface area contributed by atoms with E-state index in [1.54, 1.807) is 0 Å². The predicted molar refractivity (Wildman–Crippen MR) is 56.0 cm³/mol. The Balaban J connectivity index is 1.85. The highest BCUT2D eigenvalue weighted by Crippen LogP contribution is 2.32. The van der Waals surface area contributed by atoms with Gasteiger partial charge < -0.3 is 14.8 Å². The van der Waals surface area contributed by atoms with Crippen molar-refractivity contribution in [1.29, 1.82) is 0 Å². The quantitative estimate of drug-likeness (QED) is 0.730. The van der Waals surface area contributed by atoms with Crippen LogP contribution < -0.4 is 5.32 Å². The molecule has 5 heteroatoms. The van der Waals surface area contributed by atoms with Crippen LogP contribution in [0.4, 0.5) is 0 Å². The largest absolute Gasteiger partial charge is 0.376 e. The highest BCUT2D eigenvalue weighted by molar-refractivity contribution is 6.18. The Morgan fingerprint density at radius 2 is 2.27 bits per heavy atom. The number of rotatable bonds is 3. The summed E-state index contributed by atoms with van der Waals surface area (Å²) in [6.07, 6.45) is 2.61. The Bertz CT molecular complexity index is 231. The maximum Gasteiger partial charge on any atom is 0.252 e. The topological polar surface area (TPSA) is 47.6 Å². The number of halogens is 1. The van der Waals surface area contributed by atoms with Gasteiger partial charge in [0.15, 0.2) is 6.10 Å². The Labute approximate surface area is 94.3 Å². The van der Waals surface area contributed by atoms with Crippen molar-refractivity contribution >= 4 is 17.5 Å². The lowest BCUT2D eigenvalue weighted by Crippen LogP contribution is -2.58. The molecule has 1 amide bonds. The smallest absolute Gasteiger partial charge is 0.252 e. The van der Waals surface area contributed by atoms with Gasteiger partial charge in [0.2, 0.25) is 0 Å². The molecule has 0 aromatic rings. The lowest BCUT2D eigenvalue weighted by Gasteiger charge is -2.42. The van der Waals surface area contributed by atoms with Gasteiger partial charge in [-0.1, -0.05) is 0 Å². The third-order valence-corrected chi connectivity index (χ3v) is 3.57. The molecule has 2 aliphatic rings. The van der Waals surface area contributed by atoms with Gasteiger partial charge in [-0.25, -0.2) is 0 Å². The summed E-state index contributed by atoms with van der Waals surface area (Å²) in [6.45, 7) is 1.42. The van der Waals surface area contributed by atoms with Crippen molar-refractivity contribution < 1.29 is 14.3 Å². The van der Waals surface area contributed by atoms with Gasteiger partial charge >= 0.3 is 0 Å². The third-order valence-electron chi connectivity index (χ3n) is 3.06. The molecule has 0 spiro atoms. The van der Waals surface area contributed by atoms with Crippen molar-refractivity contribution in [2.75, 3.05) is 25.7 Å². The molecule has 1 aliphatic carbocycles. The monoisotopic (exact) mass is 233 g/mol. The molecule has 1 unspecified atom stereocenters. The van der Waals surface area contributed by atoms with Crippen LogP contribution in [0.5, 0.6) is 0 Å². The van der Waals surface area contributed by atoms with Crippen LogP contribution in [-0.4, -0.2) is 43.3 Å². The lowest BCUT2D eigenvalue weighted by molar-refractivity contribution is -0.150. The molecule has 0 aromatic heterocycles. The Kier molecular flexibility index (Phi) is 3.49. The number of alkyl halides is 1. The summed E-state index contributed by atoms with van der Waals surface area (Å²) >= 11 is 5.86. The van der Waals surface area contributed by atoms with Crippen LogP contribution in [0.15, 0.2) is 0 Å². The molecule has 2 rings (SSSR count). The second-order valence-electron chi connectivity index (χ2n) is 4.19. The van der Waals surface area contributed by atoms with Crippen molar-refractivity contribution in [3.05, 3.63) is 0 Å². The zero-order valence-electron chi connectivity index (χ0n) is 8.63. The van der Waals surface area contributed by atoms with Gasteiger partial charge in [-0.15, -0.1) is 11.6 Å². The van der Waals surface area contributed by atoms with Crippen molar-refractivity contribution in [3.8, 4) is 0 Å². The molecule has 1 atom stereocenters. The van der Waals surface area contributed by atoms with E-state index in [1.165, 1.54) is 0 Å². The van der Waals surface area contributed by atoms with Gasteiger partial charge in [-0.05, 0) is 19.3 Å². The van der Waals surface area contributed by atoms with Crippen molar-refractivity contribution in [2.45, 2.75) is 30.9 Å². The number of amides is 1. The first-order chi connectivity index (χ1) is 7.26. The molecule has 4 nitrogen and oxygen atoms in total. The van der Waals surface area contributed by atoms with E-state index in [9.17, 15) is 4.79 Å². The number of ether oxygens (including phenoxy) is 2. The van der Waals surface area contributed by atoms with Crippen molar-refractivity contribution in [2.24, 2.45) is 0 Å². The van der Waals surface area contributed by atoms with Crippen molar-refractivity contribution in [3.63, 3.8) is 0 Å². The first kappa shape index (κ1) is 11.2. The standard InChI is InChI=1S/C10H16ClNO3/c11-7-10(2-1-3-10)12-9(13)8-6-14-4-5-15-8/h8H,1-7H2,(H,12,13). The summed E-state index contributed by atoms with van der Waals surface area (Å²) < 4.78 is 10.5. The van der Waals surface area contributed by atoms with Gasteiger partial charge in [-0.2, -0.15) is 0 Å². The Hall–Kier alpha value is -0.320. The van der Waals surface area contributed by atoms with E-state index in [1.807, 2.05) is 0 Å². The van der Waals surface area contributed by atoms with Gasteiger partial charge in [0, 0.05) is 5.88 Å². The van der Waals surface area contributed by atoms with Gasteiger partial charge in [-0.3, -0.25) is 4.79 Å². The summed E-state index contributed by atoms with van der Waals surface area (Å²) in [5.41, 5.74) is -0.181. The summed E-state index contributed by atoms with van der Waals surface area (Å²) in [4.78, 5) is 11.8. The second-order valence-corrected chi connectivity index (χ2v) is 4.46. The van der Waals surface area contributed by atoms with E-state index in [-0.39, 0.29) is 11.4 Å². The average Bonchev–Trinajstić information content (AvgIpc) is 2.24. The molecule has 86 valence electrons. The summed E-state index contributed by atoms with van der Waals surface area (Å²) in [5, 5.41) is 2.97. The third kappa shape index (κ3) is 2.44. The molecular formula is C10H16ClNO3. The summed E-state index contributed by atoms with van der Waals surface area (Å²) in [5.74, 6) is 0.391. The minimum atomic E-state index is -0.459. The van der Waals surface area contributed by atoms with E-state index in [2.05, 4.69) is 5.32 Å². The van der Waals surface area contributed by atoms with E-state index >= 15 is 0 Å². The zero-order valence-corrected chi connectivity index (χ0v) is 9.39. The van der Waals surface area contributed by atoms with Crippen LogP contribution in [0.3, 0.4) is 0 Å². The van der Waals surface area contributed by atoms with Crippen LogP contribution in [0.25, 0.3) is 0 Å². The van der Waals surface area contributed by atoms with Gasteiger partial charge in [0.25, 0.3) is 5.91 Å². The molecule has 0 bridgehead atoms. The SMILES string of the molecule is O=C(NC1(CCl)CCC1)C1COCCO1. The fourth-order valence-corrected chi connectivity index (χ4v) is 2.21. The Morgan fingerprint density at radius 1 is 1.47 bits per heavy atom. The molecule has 15 heavy (non-hydrogen) atoms. The molecule has 0 radical (unpaired) electrons. The van der Waals surface area contributed by atoms with Crippen molar-refractivity contribution in [1.82, 2.24) is 5.32 Å². The second kappa shape index (κ2) is 4.68. The summed E-state index contributed by atoms with van der Waals surface area (Å²) in [6, 6.07) is 0. The Morgan fingerprint density at radius 3 is 2.73 bits per heavy atom. The minimum absolute atomic E-state index is 0.0879. The molecule has 1 heterocycles. The lowest BCUT2D eigenvalue weighted by atomic mass is 9.78. The maximum absolute atomic E-state index is 11.8. The van der Waals surface area contributed by atoms with Crippen LogP contribution in [0.1, 0.15) is 19.3 Å². The highest BCUT2D eigenvalue weighted by Gasteiger charge is 2.39. The van der Waals surface area contributed by atoms with Gasteiger partial charge in [0.05, 0.1) is 25.4 Å². The molecule has 1 saturated heterocycles. The van der Waals surface area contributed by atoms with E-state index in [4.69, 9.17) is 21.1 Å². The van der Waals surface area contributed by atoms with Crippen LogP contribution in [-0.2, 0) is 14.3 Å². The van der Waals surface area contributed by atoms with E-state index in [0.717, 1.165) is 19.3 Å². The minimum Gasteiger partial charge on any atom is -0.376 e. The molecule has 0 aromatic carbocycles. The number of hydrogen-bond donors (Lipinski definition) is 1. The maximum atomic E-state index is 11.8. The fourth-order valence-electron chi connectivity index (χ4n) is 1.88. The zero-order chi connectivity index (χ0) is 10.7. The highest BCUT2D eigenvalue weighted by atomic mass is 35.5. The number of carbonyl (C=O) groups excluding carboxylic acids is 1. The number of hydrogen-bond acceptors (Lipinski definition) is 3. The fraction of sp³-hybridized carbons (Fsp3) is 0.900. The molecule has 1 saturated carbocycles. The predicted octanol–water partition coefficient (Wildman–Crippen LogP) is 0.679. The number of nitrogens with one attached hydrogen (secondary N) is 1. The first-order valence-corrected chi connectivity index (χ1v) is 5.87. The van der Waals surface area contributed by atoms with Crippen LogP contribution in [0.2, 0.25) is 0 Å². The molecule has 1 N–H and O–H groups in total. The normalized spacial score (nSPS) is 29.3. The first-order valence-electron chi connectivity index (χ1n) is 5.33. The molecule has 2 fully saturated rings. The van der Waals surface area contributed by atoms with E-state index < -0.39 is 6.10 Å². The van der Waals surface area contributed by atoms with Crippen LogP contribution in [0, 0.1) is 0 Å².